The van der Waals surface area contributed by atoms with Gasteiger partial charge in [0.1, 0.15) is 11.6 Å². The summed E-state index contributed by atoms with van der Waals surface area (Å²) in [5, 5.41) is 6.44. The molecule has 1 aromatic carbocycles. The molecule has 138 valence electrons. The fraction of sp³-hybridized carbons (Fsp3) is 0.238. The highest BCUT2D eigenvalue weighted by Gasteiger charge is 2.31. The lowest BCUT2D eigenvalue weighted by Gasteiger charge is -2.33. The normalized spacial score (nSPS) is 19.7. The maximum atomic E-state index is 14.3. The number of aromatic nitrogens is 2. The average molecular weight is 364 g/mol. The molecular weight excluding hydrogens is 343 g/mol. The summed E-state index contributed by atoms with van der Waals surface area (Å²) >= 11 is 0. The molecule has 0 unspecified atom stereocenters. The number of nitrogens with zero attached hydrogens (tertiary/aromatic N) is 2. The van der Waals surface area contributed by atoms with E-state index in [1.165, 1.54) is 6.07 Å². The van der Waals surface area contributed by atoms with Gasteiger partial charge >= 0.3 is 0 Å². The molecule has 1 fully saturated rings. The number of piperidine rings is 1. The van der Waals surface area contributed by atoms with Crippen LogP contribution in [0, 0.1) is 5.82 Å². The Hall–Kier alpha value is -2.99. The van der Waals surface area contributed by atoms with Crippen molar-refractivity contribution in [2.45, 2.75) is 31.5 Å². The summed E-state index contributed by atoms with van der Waals surface area (Å²) in [7, 11) is 0. The number of carbonyl (C=O) groups is 1. The molecule has 6 heteroatoms. The monoisotopic (exact) mass is 364 g/mol. The number of hydrogen-bond donors (Lipinski definition) is 2. The summed E-state index contributed by atoms with van der Waals surface area (Å²) in [4.78, 5) is 16.3. The molecule has 1 aliphatic rings. The number of halogens is 1. The topological polar surface area (TPSA) is 59.0 Å². The number of benzene rings is 1. The van der Waals surface area contributed by atoms with Crippen LogP contribution in [-0.2, 0) is 11.3 Å². The molecule has 0 radical (unpaired) electrons. The fourth-order valence-corrected chi connectivity index (χ4v) is 3.56. The Bertz CT molecular complexity index is 925. The van der Waals surface area contributed by atoms with Gasteiger partial charge in [-0.15, -0.1) is 0 Å². The van der Waals surface area contributed by atoms with Crippen LogP contribution in [-0.4, -0.2) is 21.5 Å². The molecule has 2 aromatic heterocycles. The summed E-state index contributed by atoms with van der Waals surface area (Å²) in [6, 6.07) is 16.0. The van der Waals surface area contributed by atoms with Gasteiger partial charge in [0.05, 0.1) is 6.04 Å². The predicted octanol–water partition coefficient (Wildman–Crippen LogP) is 3.12. The second-order valence-corrected chi connectivity index (χ2v) is 6.65. The van der Waals surface area contributed by atoms with E-state index in [2.05, 4.69) is 15.6 Å². The van der Waals surface area contributed by atoms with Gasteiger partial charge in [-0.3, -0.25) is 4.79 Å². The molecule has 27 heavy (non-hydrogen) atoms. The summed E-state index contributed by atoms with van der Waals surface area (Å²) in [6.45, 7) is 0.592. The molecular formula is C21H21FN4O. The quantitative estimate of drug-likeness (QED) is 0.731. The smallest absolute Gasteiger partial charge is 0.220 e. The van der Waals surface area contributed by atoms with Crippen molar-refractivity contribution >= 4 is 5.91 Å². The van der Waals surface area contributed by atoms with Crippen LogP contribution < -0.4 is 10.6 Å². The van der Waals surface area contributed by atoms with Crippen LogP contribution in [0.5, 0.6) is 0 Å². The van der Waals surface area contributed by atoms with Gasteiger partial charge in [0.2, 0.25) is 5.91 Å². The molecule has 0 bridgehead atoms. The molecule has 1 saturated heterocycles. The predicted molar refractivity (Wildman–Crippen MR) is 101 cm³/mol. The minimum atomic E-state index is -0.384. The van der Waals surface area contributed by atoms with Crippen molar-refractivity contribution in [1.82, 2.24) is 20.2 Å². The highest BCUT2D eigenvalue weighted by molar-refractivity contribution is 5.77. The van der Waals surface area contributed by atoms with Gasteiger partial charge in [-0.2, -0.15) is 0 Å². The van der Waals surface area contributed by atoms with Crippen LogP contribution in [0.3, 0.4) is 0 Å². The molecule has 3 aromatic rings. The van der Waals surface area contributed by atoms with Crippen molar-refractivity contribution in [2.24, 2.45) is 0 Å². The number of carbonyl (C=O) groups excluding carboxylic acids is 1. The number of nitrogens with one attached hydrogen (secondary N) is 2. The maximum Gasteiger partial charge on any atom is 0.220 e. The summed E-state index contributed by atoms with van der Waals surface area (Å²) in [5.74, 6) is 0.508. The lowest BCUT2D eigenvalue weighted by molar-refractivity contribution is -0.123. The van der Waals surface area contributed by atoms with Crippen LogP contribution in [0.4, 0.5) is 4.39 Å². The zero-order chi connectivity index (χ0) is 18.6. The van der Waals surface area contributed by atoms with Gasteiger partial charge < -0.3 is 15.2 Å². The van der Waals surface area contributed by atoms with Crippen LogP contribution in [0.2, 0.25) is 0 Å². The third-order valence-electron chi connectivity index (χ3n) is 4.92. The number of pyridine rings is 1. The van der Waals surface area contributed by atoms with Gasteiger partial charge in [0, 0.05) is 42.7 Å². The van der Waals surface area contributed by atoms with Crippen molar-refractivity contribution in [3.8, 4) is 5.82 Å². The SMILES string of the molecule is O=C1CC[C@@H](NCc2cccn2-c2ccccn2)[C@H](c2ccccc2F)N1. The van der Waals surface area contributed by atoms with E-state index in [-0.39, 0.29) is 23.8 Å². The highest BCUT2D eigenvalue weighted by atomic mass is 19.1. The average Bonchev–Trinajstić information content (AvgIpc) is 3.17. The van der Waals surface area contributed by atoms with Crippen molar-refractivity contribution in [1.29, 1.82) is 0 Å². The fourth-order valence-electron chi connectivity index (χ4n) is 3.56. The molecule has 0 saturated carbocycles. The number of amides is 1. The Balaban J connectivity index is 1.53. The molecule has 2 atom stereocenters. The van der Waals surface area contributed by atoms with Crippen LogP contribution >= 0.6 is 0 Å². The van der Waals surface area contributed by atoms with Crippen LogP contribution in [0.25, 0.3) is 5.82 Å². The third kappa shape index (κ3) is 3.75. The van der Waals surface area contributed by atoms with Gasteiger partial charge in [-0.1, -0.05) is 24.3 Å². The summed E-state index contributed by atoms with van der Waals surface area (Å²) in [5.41, 5.74) is 1.57. The Morgan fingerprint density at radius 3 is 2.81 bits per heavy atom. The van der Waals surface area contributed by atoms with E-state index in [1.54, 1.807) is 24.4 Å². The van der Waals surface area contributed by atoms with E-state index in [0.717, 1.165) is 11.5 Å². The molecule has 1 amide bonds. The lowest BCUT2D eigenvalue weighted by atomic mass is 9.91. The van der Waals surface area contributed by atoms with Crippen molar-refractivity contribution in [3.63, 3.8) is 0 Å². The van der Waals surface area contributed by atoms with Crippen LogP contribution in [0.15, 0.2) is 67.0 Å². The number of hydrogen-bond acceptors (Lipinski definition) is 3. The molecule has 3 heterocycles. The number of rotatable bonds is 5. The largest absolute Gasteiger partial charge is 0.348 e. The van der Waals surface area contributed by atoms with E-state index in [9.17, 15) is 9.18 Å². The van der Waals surface area contributed by atoms with E-state index in [1.807, 2.05) is 41.1 Å². The first-order valence-electron chi connectivity index (χ1n) is 9.07. The Morgan fingerprint density at radius 2 is 2.00 bits per heavy atom. The molecule has 1 aliphatic heterocycles. The molecule has 0 aliphatic carbocycles. The summed E-state index contributed by atoms with van der Waals surface area (Å²) < 4.78 is 16.3. The maximum absolute atomic E-state index is 14.3. The minimum absolute atomic E-state index is 0.0434. The first kappa shape index (κ1) is 17.4. The first-order chi connectivity index (χ1) is 13.2. The van der Waals surface area contributed by atoms with Crippen molar-refractivity contribution in [2.75, 3.05) is 0 Å². The van der Waals surface area contributed by atoms with Gasteiger partial charge in [-0.25, -0.2) is 9.37 Å². The Morgan fingerprint density at radius 1 is 1.15 bits per heavy atom. The standard InChI is InChI=1S/C21H21FN4O/c22-17-8-2-1-7-16(17)21-18(10-11-20(27)25-21)24-14-15-6-5-13-26(15)19-9-3-4-12-23-19/h1-9,12-13,18,21,24H,10-11,14H2,(H,25,27)/t18-,21+/m1/s1. The van der Waals surface area contributed by atoms with Crippen molar-refractivity contribution in [3.05, 3.63) is 84.1 Å². The zero-order valence-corrected chi connectivity index (χ0v) is 14.8. The molecule has 4 rings (SSSR count). The van der Waals surface area contributed by atoms with Gasteiger partial charge in [0.25, 0.3) is 0 Å². The second-order valence-electron chi connectivity index (χ2n) is 6.65. The third-order valence-corrected chi connectivity index (χ3v) is 4.92. The first-order valence-corrected chi connectivity index (χ1v) is 9.07. The van der Waals surface area contributed by atoms with Crippen LogP contribution in [0.1, 0.15) is 30.1 Å². The zero-order valence-electron chi connectivity index (χ0n) is 14.8. The highest BCUT2D eigenvalue weighted by Crippen LogP contribution is 2.26. The van der Waals surface area contributed by atoms with Gasteiger partial charge in [-0.05, 0) is 36.8 Å². The minimum Gasteiger partial charge on any atom is -0.348 e. The van der Waals surface area contributed by atoms with Crippen molar-refractivity contribution < 1.29 is 9.18 Å². The van der Waals surface area contributed by atoms with E-state index in [4.69, 9.17) is 0 Å². The Kier molecular flexibility index (Phi) is 4.98. The van der Waals surface area contributed by atoms with E-state index >= 15 is 0 Å². The molecule has 2 N–H and O–H groups in total. The Labute approximate surface area is 157 Å². The summed E-state index contributed by atoms with van der Waals surface area (Å²) in [6.07, 6.45) is 4.83. The van der Waals surface area contributed by atoms with E-state index < -0.39 is 0 Å². The molecule has 5 nitrogen and oxygen atoms in total. The van der Waals surface area contributed by atoms with Gasteiger partial charge in [0.15, 0.2) is 0 Å². The molecule has 0 spiro atoms. The second kappa shape index (κ2) is 7.72. The lowest BCUT2D eigenvalue weighted by Crippen LogP contribution is -2.48. The van der Waals surface area contributed by atoms with E-state index in [0.29, 0.717) is 24.9 Å².